The van der Waals surface area contributed by atoms with Gasteiger partial charge in [0.15, 0.2) is 0 Å². The minimum atomic E-state index is -0.357. The molecule has 0 aliphatic carbocycles. The number of carbonyl (C=O) groups excluding carboxylic acids is 1. The average molecular weight is 421 g/mol. The summed E-state index contributed by atoms with van der Waals surface area (Å²) in [5, 5.41) is 10.9. The van der Waals surface area contributed by atoms with Gasteiger partial charge in [-0.05, 0) is 49.2 Å². The quantitative estimate of drug-likeness (QED) is 0.453. The van der Waals surface area contributed by atoms with Crippen molar-refractivity contribution in [3.63, 3.8) is 0 Å². The molecule has 2 heterocycles. The number of hydrogen-bond acceptors (Lipinski definition) is 4. The number of halogens is 1. The Balaban J connectivity index is 2.02. The molecule has 0 aliphatic rings. The molecule has 0 atom stereocenters. The highest BCUT2D eigenvalue weighted by Crippen LogP contribution is 2.42. The molecule has 1 amide bonds. The number of aromatic nitrogens is 2. The summed E-state index contributed by atoms with van der Waals surface area (Å²) in [6.45, 7) is 4.11. The van der Waals surface area contributed by atoms with Crippen LogP contribution in [0.1, 0.15) is 35.6 Å². The molecule has 4 aromatic rings. The number of aryl methyl sites for hydroxylation is 2. The van der Waals surface area contributed by atoms with Crippen molar-refractivity contribution in [2.75, 3.05) is 14.2 Å². The lowest BCUT2D eigenvalue weighted by molar-refractivity contribution is 0.0964. The number of methoxy groups -OCH3 is 1. The molecule has 7 heteroatoms. The molecule has 6 nitrogen and oxygen atoms in total. The number of carbonyl (C=O) groups is 1. The molecule has 2 aromatic heterocycles. The van der Waals surface area contributed by atoms with Crippen LogP contribution in [-0.4, -0.2) is 30.3 Å². The molecule has 0 fully saturated rings. The second kappa shape index (κ2) is 8.26. The van der Waals surface area contributed by atoms with Gasteiger partial charge in [-0.25, -0.2) is 4.39 Å². The first-order valence-electron chi connectivity index (χ1n) is 10.2. The van der Waals surface area contributed by atoms with E-state index in [1.54, 1.807) is 26.3 Å². The van der Waals surface area contributed by atoms with E-state index in [0.29, 0.717) is 33.6 Å². The normalized spacial score (nSPS) is 11.1. The first kappa shape index (κ1) is 20.7. The fourth-order valence-corrected chi connectivity index (χ4v) is 3.89. The number of H-pyrrole nitrogens is 1. The van der Waals surface area contributed by atoms with Gasteiger partial charge in [0.25, 0.3) is 5.91 Å². The standard InChI is InChI=1S/C24H24FN3O3/c1-5-17-21(18(6-2)28-27-17)15-12-20-16(11-19(15)30-4)22(24(29)26-3)23(31-20)13-7-9-14(25)10-8-13/h7-12H,5-6H2,1-4H3,(H,26,29)(H,27,28). The van der Waals surface area contributed by atoms with E-state index in [2.05, 4.69) is 22.4 Å². The van der Waals surface area contributed by atoms with Crippen molar-refractivity contribution >= 4 is 16.9 Å². The Bertz CT molecular complexity index is 1230. The third-order valence-corrected chi connectivity index (χ3v) is 5.44. The zero-order valence-electron chi connectivity index (χ0n) is 17.9. The number of aromatic amines is 1. The van der Waals surface area contributed by atoms with E-state index in [1.165, 1.54) is 12.1 Å². The lowest BCUT2D eigenvalue weighted by atomic mass is 9.97. The number of rotatable bonds is 6. The molecular weight excluding hydrogens is 397 g/mol. The van der Waals surface area contributed by atoms with Gasteiger partial charge in [-0.3, -0.25) is 9.89 Å². The minimum Gasteiger partial charge on any atom is -0.496 e. The van der Waals surface area contributed by atoms with Gasteiger partial charge in [0.05, 0.1) is 18.4 Å². The largest absolute Gasteiger partial charge is 0.496 e. The van der Waals surface area contributed by atoms with E-state index in [1.807, 2.05) is 19.1 Å². The zero-order valence-corrected chi connectivity index (χ0v) is 17.9. The van der Waals surface area contributed by atoms with Crippen LogP contribution in [-0.2, 0) is 12.8 Å². The summed E-state index contributed by atoms with van der Waals surface area (Å²) in [5.74, 6) is 0.353. The first-order valence-corrected chi connectivity index (χ1v) is 10.2. The summed E-state index contributed by atoms with van der Waals surface area (Å²) in [6, 6.07) is 9.58. The molecule has 0 unspecified atom stereocenters. The molecule has 4 rings (SSSR count). The molecule has 160 valence electrons. The molecule has 2 aromatic carbocycles. The smallest absolute Gasteiger partial charge is 0.255 e. The number of hydrogen-bond donors (Lipinski definition) is 2. The Hall–Kier alpha value is -3.61. The van der Waals surface area contributed by atoms with Crippen LogP contribution in [0.3, 0.4) is 0 Å². The highest BCUT2D eigenvalue weighted by Gasteiger charge is 2.25. The van der Waals surface area contributed by atoms with Gasteiger partial charge < -0.3 is 14.5 Å². The van der Waals surface area contributed by atoms with Crippen molar-refractivity contribution in [1.29, 1.82) is 0 Å². The number of nitrogens with zero attached hydrogens (tertiary/aromatic N) is 1. The van der Waals surface area contributed by atoms with Crippen LogP contribution < -0.4 is 10.1 Å². The summed E-state index contributed by atoms with van der Waals surface area (Å²) in [7, 11) is 3.16. The summed E-state index contributed by atoms with van der Waals surface area (Å²) in [4.78, 5) is 12.8. The van der Waals surface area contributed by atoms with Crippen molar-refractivity contribution in [3.05, 3.63) is 59.2 Å². The van der Waals surface area contributed by atoms with Gasteiger partial charge in [0.2, 0.25) is 0 Å². The number of nitrogens with one attached hydrogen (secondary N) is 2. The third kappa shape index (κ3) is 3.46. The van der Waals surface area contributed by atoms with Crippen LogP contribution in [0.15, 0.2) is 40.8 Å². The van der Waals surface area contributed by atoms with Crippen LogP contribution in [0.2, 0.25) is 0 Å². The monoisotopic (exact) mass is 421 g/mol. The lowest BCUT2D eigenvalue weighted by Crippen LogP contribution is -2.18. The van der Waals surface area contributed by atoms with E-state index in [-0.39, 0.29) is 11.7 Å². The SMILES string of the molecule is CCc1n[nH]c(CC)c1-c1cc2oc(-c3ccc(F)cc3)c(C(=O)NC)c2cc1OC. The van der Waals surface area contributed by atoms with Crippen molar-refractivity contribution < 1.29 is 18.3 Å². The number of amides is 1. The van der Waals surface area contributed by atoms with Crippen LogP contribution >= 0.6 is 0 Å². The van der Waals surface area contributed by atoms with Crippen molar-refractivity contribution in [2.24, 2.45) is 0 Å². The zero-order chi connectivity index (χ0) is 22.1. The maximum Gasteiger partial charge on any atom is 0.255 e. The summed E-state index contributed by atoms with van der Waals surface area (Å²) < 4.78 is 25.3. The Morgan fingerprint density at radius 2 is 1.94 bits per heavy atom. The van der Waals surface area contributed by atoms with Gasteiger partial charge in [-0.1, -0.05) is 13.8 Å². The summed E-state index contributed by atoms with van der Waals surface area (Å²) in [6.07, 6.45) is 1.54. The molecular formula is C24H24FN3O3. The van der Waals surface area contributed by atoms with Gasteiger partial charge >= 0.3 is 0 Å². The Labute approximate surface area is 179 Å². The Morgan fingerprint density at radius 3 is 2.55 bits per heavy atom. The molecule has 2 N–H and O–H groups in total. The van der Waals surface area contributed by atoms with E-state index in [4.69, 9.17) is 9.15 Å². The van der Waals surface area contributed by atoms with E-state index >= 15 is 0 Å². The predicted molar refractivity (Wildman–Crippen MR) is 118 cm³/mol. The lowest BCUT2D eigenvalue weighted by Gasteiger charge is -2.11. The van der Waals surface area contributed by atoms with E-state index in [0.717, 1.165) is 35.4 Å². The number of furan rings is 1. The topological polar surface area (TPSA) is 80.2 Å². The Morgan fingerprint density at radius 1 is 1.19 bits per heavy atom. The minimum absolute atomic E-state index is 0.292. The van der Waals surface area contributed by atoms with Gasteiger partial charge in [0.1, 0.15) is 22.9 Å². The van der Waals surface area contributed by atoms with Gasteiger partial charge in [-0.2, -0.15) is 5.10 Å². The van der Waals surface area contributed by atoms with E-state index < -0.39 is 0 Å². The highest BCUT2D eigenvalue weighted by atomic mass is 19.1. The number of benzene rings is 2. The molecule has 0 spiro atoms. The molecule has 0 radical (unpaired) electrons. The maximum atomic E-state index is 13.4. The molecule has 0 saturated heterocycles. The maximum absolute atomic E-state index is 13.4. The van der Waals surface area contributed by atoms with Crippen LogP contribution in [0.5, 0.6) is 5.75 Å². The molecule has 0 bridgehead atoms. The number of ether oxygens (including phenoxy) is 1. The van der Waals surface area contributed by atoms with Gasteiger partial charge in [-0.15, -0.1) is 0 Å². The summed E-state index contributed by atoms with van der Waals surface area (Å²) in [5.41, 5.74) is 5.32. The Kier molecular flexibility index (Phi) is 5.50. The van der Waals surface area contributed by atoms with Crippen LogP contribution in [0, 0.1) is 5.82 Å². The molecule has 0 saturated carbocycles. The van der Waals surface area contributed by atoms with Gasteiger partial charge in [0, 0.05) is 34.8 Å². The van der Waals surface area contributed by atoms with Crippen LogP contribution in [0.4, 0.5) is 4.39 Å². The van der Waals surface area contributed by atoms with E-state index in [9.17, 15) is 9.18 Å². The molecule has 31 heavy (non-hydrogen) atoms. The first-order chi connectivity index (χ1) is 15.0. The fourth-order valence-electron chi connectivity index (χ4n) is 3.89. The van der Waals surface area contributed by atoms with Crippen molar-refractivity contribution in [2.45, 2.75) is 26.7 Å². The molecule has 0 aliphatic heterocycles. The predicted octanol–water partition coefficient (Wildman–Crippen LogP) is 5.12. The average Bonchev–Trinajstić information content (AvgIpc) is 3.38. The summed E-state index contributed by atoms with van der Waals surface area (Å²) >= 11 is 0. The number of fused-ring (bicyclic) bond motifs is 1. The van der Waals surface area contributed by atoms with Crippen LogP contribution in [0.25, 0.3) is 33.4 Å². The van der Waals surface area contributed by atoms with Crippen molar-refractivity contribution in [3.8, 4) is 28.2 Å². The highest BCUT2D eigenvalue weighted by molar-refractivity contribution is 6.12. The second-order valence-corrected chi connectivity index (χ2v) is 7.17. The second-order valence-electron chi connectivity index (χ2n) is 7.17. The third-order valence-electron chi connectivity index (χ3n) is 5.44. The van der Waals surface area contributed by atoms with Crippen molar-refractivity contribution in [1.82, 2.24) is 15.5 Å². The fraction of sp³-hybridized carbons (Fsp3) is 0.250.